The van der Waals surface area contributed by atoms with Crippen LogP contribution in [0.15, 0.2) is 103 Å². The summed E-state index contributed by atoms with van der Waals surface area (Å²) in [6.07, 6.45) is 1.75. The Morgan fingerprint density at radius 2 is 1.43 bits per heavy atom. The predicted molar refractivity (Wildman–Crippen MR) is 172 cm³/mol. The summed E-state index contributed by atoms with van der Waals surface area (Å²) in [5.41, 5.74) is 7.17. The molecule has 5 aromatic carbocycles. The molecular weight excluding hydrogens is 520 g/mol. The molecule has 1 heterocycles. The number of benzene rings is 5. The van der Waals surface area contributed by atoms with Gasteiger partial charge in [0.05, 0.1) is 6.61 Å². The summed E-state index contributed by atoms with van der Waals surface area (Å²) >= 11 is 0. The van der Waals surface area contributed by atoms with Crippen molar-refractivity contribution in [1.29, 1.82) is 0 Å². The van der Waals surface area contributed by atoms with E-state index in [1.807, 2.05) is 24.3 Å². The molecule has 0 radical (unpaired) electrons. The normalized spacial score (nSPS) is 13.9. The zero-order valence-electron chi connectivity index (χ0n) is 24.2. The van der Waals surface area contributed by atoms with Crippen molar-refractivity contribution >= 4 is 16.5 Å². The zero-order valence-corrected chi connectivity index (χ0v) is 24.2. The van der Waals surface area contributed by atoms with Gasteiger partial charge in [0.1, 0.15) is 17.2 Å². The third-order valence-corrected chi connectivity index (χ3v) is 8.26. The first-order valence-corrected chi connectivity index (χ1v) is 14.8. The van der Waals surface area contributed by atoms with Crippen molar-refractivity contribution < 1.29 is 14.9 Å². The first-order chi connectivity index (χ1) is 20.5. The summed E-state index contributed by atoms with van der Waals surface area (Å²) in [5, 5.41) is 21.9. The maximum absolute atomic E-state index is 10.0. The highest BCUT2D eigenvalue weighted by Gasteiger charge is 2.17. The lowest BCUT2D eigenvalue weighted by Gasteiger charge is -2.36. The van der Waals surface area contributed by atoms with Crippen LogP contribution in [-0.4, -0.2) is 54.4 Å². The second kappa shape index (κ2) is 12.6. The Bertz CT molecular complexity index is 1620. The molecule has 214 valence electrons. The molecule has 1 aliphatic heterocycles. The van der Waals surface area contributed by atoms with Gasteiger partial charge >= 0.3 is 0 Å². The van der Waals surface area contributed by atoms with E-state index in [-0.39, 0.29) is 11.5 Å². The maximum Gasteiger partial charge on any atom is 0.119 e. The third-order valence-electron chi connectivity index (χ3n) is 8.26. The third kappa shape index (κ3) is 6.53. The molecule has 0 aromatic heterocycles. The van der Waals surface area contributed by atoms with Crippen LogP contribution in [0, 0.1) is 6.92 Å². The van der Waals surface area contributed by atoms with Crippen LogP contribution in [0.1, 0.15) is 23.1 Å². The summed E-state index contributed by atoms with van der Waals surface area (Å²) in [6.45, 7) is 8.19. The Morgan fingerprint density at radius 1 is 0.714 bits per heavy atom. The first kappa shape index (κ1) is 27.7. The number of fused-ring (bicyclic) bond motifs is 1. The average molecular weight is 559 g/mol. The van der Waals surface area contributed by atoms with Gasteiger partial charge in [-0.2, -0.15) is 0 Å². The molecule has 42 heavy (non-hydrogen) atoms. The monoisotopic (exact) mass is 558 g/mol. The van der Waals surface area contributed by atoms with Gasteiger partial charge in [0.15, 0.2) is 0 Å². The predicted octanol–water partition coefficient (Wildman–Crippen LogP) is 7.41. The number of phenolic OH excluding ortho intramolecular Hbond substituents is 2. The zero-order chi connectivity index (χ0) is 28.9. The fourth-order valence-corrected chi connectivity index (χ4v) is 5.85. The molecule has 5 nitrogen and oxygen atoms in total. The van der Waals surface area contributed by atoms with Crippen LogP contribution < -0.4 is 9.64 Å². The molecule has 1 aliphatic rings. The summed E-state index contributed by atoms with van der Waals surface area (Å²) in [6, 6.07) is 34.3. The highest BCUT2D eigenvalue weighted by Crippen LogP contribution is 2.34. The number of aryl methyl sites for hydroxylation is 1. The molecular formula is C37H38N2O3. The fourth-order valence-electron chi connectivity index (χ4n) is 5.85. The van der Waals surface area contributed by atoms with Gasteiger partial charge in [0, 0.05) is 38.4 Å². The Labute approximate surface area is 248 Å². The number of aromatic hydroxyl groups is 2. The second-order valence-electron chi connectivity index (χ2n) is 11.2. The van der Waals surface area contributed by atoms with E-state index in [2.05, 4.69) is 71.3 Å². The van der Waals surface area contributed by atoms with E-state index in [0.717, 1.165) is 73.2 Å². The van der Waals surface area contributed by atoms with Crippen molar-refractivity contribution in [3.8, 4) is 28.4 Å². The minimum Gasteiger partial charge on any atom is -0.508 e. The van der Waals surface area contributed by atoms with Crippen molar-refractivity contribution in [3.63, 3.8) is 0 Å². The van der Waals surface area contributed by atoms with Gasteiger partial charge in [-0.1, -0.05) is 60.2 Å². The summed E-state index contributed by atoms with van der Waals surface area (Å²) in [7, 11) is 0. The van der Waals surface area contributed by atoms with Crippen LogP contribution in [0.25, 0.3) is 21.9 Å². The Kier molecular flexibility index (Phi) is 8.29. The van der Waals surface area contributed by atoms with E-state index < -0.39 is 0 Å². The van der Waals surface area contributed by atoms with Gasteiger partial charge in [-0.3, -0.25) is 4.90 Å². The molecule has 1 fully saturated rings. The Hall–Kier alpha value is -4.48. The van der Waals surface area contributed by atoms with Crippen molar-refractivity contribution in [1.82, 2.24) is 4.90 Å². The molecule has 0 spiro atoms. The fraction of sp³-hybridized carbons (Fsp3) is 0.243. The lowest BCUT2D eigenvalue weighted by Crippen LogP contribution is -2.46. The number of rotatable bonds is 9. The first-order valence-electron chi connectivity index (χ1n) is 14.8. The average Bonchev–Trinajstić information content (AvgIpc) is 3.01. The smallest absolute Gasteiger partial charge is 0.119 e. The van der Waals surface area contributed by atoms with Crippen LogP contribution in [0.4, 0.5) is 5.69 Å². The van der Waals surface area contributed by atoms with Gasteiger partial charge in [-0.15, -0.1) is 0 Å². The number of phenols is 2. The lowest BCUT2D eigenvalue weighted by molar-refractivity contribution is 0.224. The number of piperazine rings is 1. The van der Waals surface area contributed by atoms with Gasteiger partial charge < -0.3 is 19.8 Å². The van der Waals surface area contributed by atoms with E-state index >= 15 is 0 Å². The number of nitrogens with zero attached hydrogens (tertiary/aromatic N) is 2. The van der Waals surface area contributed by atoms with Gasteiger partial charge in [-0.05, 0) is 101 Å². The molecule has 5 heteroatoms. The number of ether oxygens (including phenoxy) is 1. The van der Waals surface area contributed by atoms with E-state index in [9.17, 15) is 10.2 Å². The molecule has 0 saturated carbocycles. The molecule has 5 aromatic rings. The molecule has 0 aliphatic carbocycles. The van der Waals surface area contributed by atoms with Crippen molar-refractivity contribution in [3.05, 3.63) is 120 Å². The number of anilines is 1. The van der Waals surface area contributed by atoms with Crippen LogP contribution in [0.3, 0.4) is 0 Å². The highest BCUT2D eigenvalue weighted by atomic mass is 16.5. The molecule has 6 rings (SSSR count). The van der Waals surface area contributed by atoms with Crippen molar-refractivity contribution in [2.24, 2.45) is 0 Å². The molecule has 0 amide bonds. The minimum absolute atomic E-state index is 0.252. The second-order valence-corrected chi connectivity index (χ2v) is 11.2. The lowest BCUT2D eigenvalue weighted by atomic mass is 9.90. The van der Waals surface area contributed by atoms with E-state index in [0.29, 0.717) is 6.61 Å². The summed E-state index contributed by atoms with van der Waals surface area (Å²) in [5.74, 6) is 1.41. The van der Waals surface area contributed by atoms with E-state index in [1.165, 1.54) is 22.4 Å². The molecule has 0 bridgehead atoms. The number of hydrogen-bond acceptors (Lipinski definition) is 5. The van der Waals surface area contributed by atoms with Gasteiger partial charge in [0.2, 0.25) is 0 Å². The molecule has 2 N–H and O–H groups in total. The van der Waals surface area contributed by atoms with Crippen molar-refractivity contribution in [2.75, 3.05) is 44.2 Å². The van der Waals surface area contributed by atoms with E-state index in [4.69, 9.17) is 4.74 Å². The SMILES string of the molecule is Cc1ccc(N2CCN(CCCOc3ccc(Cc4c(-c5ccc(O)cc5)ccc5cc(O)ccc45)cc3)CC2)cc1. The molecule has 1 saturated heterocycles. The van der Waals surface area contributed by atoms with Crippen LogP contribution in [-0.2, 0) is 6.42 Å². The molecule has 0 atom stereocenters. The summed E-state index contributed by atoms with van der Waals surface area (Å²) in [4.78, 5) is 5.01. The van der Waals surface area contributed by atoms with E-state index in [1.54, 1.807) is 24.3 Å². The maximum atomic E-state index is 10.0. The Balaban J connectivity index is 1.05. The quantitative estimate of drug-likeness (QED) is 0.185. The topological polar surface area (TPSA) is 56.2 Å². The Morgan fingerprint density at radius 3 is 2.17 bits per heavy atom. The minimum atomic E-state index is 0.252. The highest BCUT2D eigenvalue weighted by molar-refractivity contribution is 5.93. The van der Waals surface area contributed by atoms with Crippen LogP contribution in [0.5, 0.6) is 17.2 Å². The summed E-state index contributed by atoms with van der Waals surface area (Å²) < 4.78 is 6.10. The van der Waals surface area contributed by atoms with Gasteiger partial charge in [0.25, 0.3) is 0 Å². The van der Waals surface area contributed by atoms with Crippen molar-refractivity contribution in [2.45, 2.75) is 19.8 Å². The standard InChI is InChI=1S/C37H38N2O3/c1-27-3-10-31(11-4-27)39-22-20-38(21-23-39)19-2-24-42-34-15-5-28(6-16-34)25-37-35(29-7-12-32(40)13-8-29)17-9-30-26-33(41)14-18-36(30)37/h3-18,26,40-41H,2,19-25H2,1H3. The largest absolute Gasteiger partial charge is 0.508 e. The van der Waals surface area contributed by atoms with Gasteiger partial charge in [-0.25, -0.2) is 0 Å². The van der Waals surface area contributed by atoms with Crippen LogP contribution >= 0.6 is 0 Å². The number of hydrogen-bond donors (Lipinski definition) is 2. The van der Waals surface area contributed by atoms with Crippen LogP contribution in [0.2, 0.25) is 0 Å². The molecule has 0 unspecified atom stereocenters.